The van der Waals surface area contributed by atoms with Crippen LogP contribution in [0.15, 0.2) is 18.2 Å². The van der Waals surface area contributed by atoms with Crippen LogP contribution < -0.4 is 4.90 Å². The highest BCUT2D eigenvalue weighted by molar-refractivity contribution is 5.92. The van der Waals surface area contributed by atoms with E-state index in [2.05, 4.69) is 0 Å². The first kappa shape index (κ1) is 11.6. The summed E-state index contributed by atoms with van der Waals surface area (Å²) in [4.78, 5) is 12.6. The highest BCUT2D eigenvalue weighted by atomic mass is 19.1. The molecule has 0 spiro atoms. The van der Waals surface area contributed by atoms with Gasteiger partial charge in [0, 0.05) is 19.0 Å². The molecule has 0 heterocycles. The third-order valence-electron chi connectivity index (χ3n) is 2.02. The summed E-state index contributed by atoms with van der Waals surface area (Å²) in [5, 5.41) is 0. The van der Waals surface area contributed by atoms with Crippen molar-refractivity contribution in [3.05, 3.63) is 29.8 Å². The van der Waals surface area contributed by atoms with Crippen LogP contribution in [0.3, 0.4) is 0 Å². The molecule has 1 amide bonds. The fourth-order valence-corrected chi connectivity index (χ4v) is 1.49. The standard InChI is InChI=1S/C11H13F2NO/c1-7(2)14(8(3)15)11-5-4-9(12)6-10(11)13/h4-7H,1-3H3. The van der Waals surface area contributed by atoms with Crippen LogP contribution in [-0.4, -0.2) is 11.9 Å². The number of carbonyl (C=O) groups excluding carboxylic acids is 1. The number of hydrogen-bond acceptors (Lipinski definition) is 1. The highest BCUT2D eigenvalue weighted by Gasteiger charge is 2.18. The van der Waals surface area contributed by atoms with Gasteiger partial charge in [0.2, 0.25) is 5.91 Å². The summed E-state index contributed by atoms with van der Waals surface area (Å²) in [7, 11) is 0. The van der Waals surface area contributed by atoms with Crippen LogP contribution in [0.25, 0.3) is 0 Å². The molecule has 15 heavy (non-hydrogen) atoms. The normalized spacial score (nSPS) is 10.5. The zero-order chi connectivity index (χ0) is 11.6. The van der Waals surface area contributed by atoms with Crippen LogP contribution in [0.2, 0.25) is 0 Å². The van der Waals surface area contributed by atoms with Gasteiger partial charge in [-0.25, -0.2) is 8.78 Å². The van der Waals surface area contributed by atoms with E-state index in [1.165, 1.54) is 17.9 Å². The van der Waals surface area contributed by atoms with Crippen molar-refractivity contribution in [1.82, 2.24) is 0 Å². The number of halogens is 2. The zero-order valence-electron chi connectivity index (χ0n) is 8.92. The smallest absolute Gasteiger partial charge is 0.224 e. The maximum absolute atomic E-state index is 13.4. The second-order valence-electron chi connectivity index (χ2n) is 3.58. The van der Waals surface area contributed by atoms with Crippen molar-refractivity contribution < 1.29 is 13.6 Å². The number of benzene rings is 1. The molecule has 0 radical (unpaired) electrons. The molecule has 0 bridgehead atoms. The first-order chi connectivity index (χ1) is 6.93. The molecule has 82 valence electrons. The van der Waals surface area contributed by atoms with E-state index < -0.39 is 11.6 Å². The van der Waals surface area contributed by atoms with Crippen LogP contribution >= 0.6 is 0 Å². The Kier molecular flexibility index (Phi) is 3.39. The van der Waals surface area contributed by atoms with Gasteiger partial charge in [-0.2, -0.15) is 0 Å². The Labute approximate surface area is 87.5 Å². The van der Waals surface area contributed by atoms with E-state index in [1.807, 2.05) is 0 Å². The van der Waals surface area contributed by atoms with E-state index >= 15 is 0 Å². The van der Waals surface area contributed by atoms with Crippen LogP contribution in [0, 0.1) is 11.6 Å². The molecule has 0 fully saturated rings. The van der Waals surface area contributed by atoms with Gasteiger partial charge in [-0.3, -0.25) is 4.79 Å². The predicted octanol–water partition coefficient (Wildman–Crippen LogP) is 2.73. The molecule has 0 aromatic heterocycles. The molecular formula is C11H13F2NO. The van der Waals surface area contributed by atoms with Gasteiger partial charge in [-0.05, 0) is 26.0 Å². The van der Waals surface area contributed by atoms with E-state index in [0.29, 0.717) is 0 Å². The largest absolute Gasteiger partial charge is 0.307 e. The van der Waals surface area contributed by atoms with Crippen LogP contribution in [0.4, 0.5) is 14.5 Å². The summed E-state index contributed by atoms with van der Waals surface area (Å²) in [6.07, 6.45) is 0. The summed E-state index contributed by atoms with van der Waals surface area (Å²) in [5.41, 5.74) is 0.110. The molecule has 1 rings (SSSR count). The van der Waals surface area contributed by atoms with Crippen molar-refractivity contribution in [1.29, 1.82) is 0 Å². The second kappa shape index (κ2) is 4.38. The average Bonchev–Trinajstić information content (AvgIpc) is 2.08. The Morgan fingerprint density at radius 3 is 2.33 bits per heavy atom. The Morgan fingerprint density at radius 2 is 1.93 bits per heavy atom. The minimum absolute atomic E-state index is 0.110. The number of amides is 1. The Balaban J connectivity index is 3.17. The van der Waals surface area contributed by atoms with E-state index in [-0.39, 0.29) is 17.6 Å². The van der Waals surface area contributed by atoms with Crippen molar-refractivity contribution in [2.45, 2.75) is 26.8 Å². The van der Waals surface area contributed by atoms with Gasteiger partial charge < -0.3 is 4.90 Å². The van der Waals surface area contributed by atoms with Crippen LogP contribution in [0.5, 0.6) is 0 Å². The van der Waals surface area contributed by atoms with Gasteiger partial charge in [-0.15, -0.1) is 0 Å². The molecule has 0 N–H and O–H groups in total. The summed E-state index contributed by atoms with van der Waals surface area (Å²) in [6, 6.07) is 3.01. The van der Waals surface area contributed by atoms with E-state index in [9.17, 15) is 13.6 Å². The molecule has 2 nitrogen and oxygen atoms in total. The fraction of sp³-hybridized carbons (Fsp3) is 0.364. The van der Waals surface area contributed by atoms with Gasteiger partial charge in [0.1, 0.15) is 11.6 Å². The van der Waals surface area contributed by atoms with Gasteiger partial charge in [0.05, 0.1) is 5.69 Å². The molecule has 0 atom stereocenters. The first-order valence-electron chi connectivity index (χ1n) is 4.68. The second-order valence-corrected chi connectivity index (χ2v) is 3.58. The molecule has 0 saturated heterocycles. The Bertz CT molecular complexity index is 377. The van der Waals surface area contributed by atoms with E-state index in [1.54, 1.807) is 13.8 Å². The molecule has 4 heteroatoms. The topological polar surface area (TPSA) is 20.3 Å². The number of hydrogen-bond donors (Lipinski definition) is 0. The summed E-state index contributed by atoms with van der Waals surface area (Å²) < 4.78 is 26.1. The van der Waals surface area contributed by atoms with Crippen LogP contribution in [0.1, 0.15) is 20.8 Å². The molecule has 1 aromatic carbocycles. The summed E-state index contributed by atoms with van der Waals surface area (Å²) >= 11 is 0. The maximum Gasteiger partial charge on any atom is 0.224 e. The van der Waals surface area contributed by atoms with E-state index in [0.717, 1.165) is 12.1 Å². The van der Waals surface area contributed by atoms with Crippen molar-refractivity contribution in [2.75, 3.05) is 4.90 Å². The average molecular weight is 213 g/mol. The van der Waals surface area contributed by atoms with Gasteiger partial charge in [0.15, 0.2) is 0 Å². The summed E-state index contributed by atoms with van der Waals surface area (Å²) in [5.74, 6) is -1.64. The maximum atomic E-state index is 13.4. The van der Waals surface area contributed by atoms with Gasteiger partial charge in [-0.1, -0.05) is 0 Å². The van der Waals surface area contributed by atoms with Crippen molar-refractivity contribution >= 4 is 11.6 Å². The lowest BCUT2D eigenvalue weighted by molar-refractivity contribution is -0.116. The first-order valence-corrected chi connectivity index (χ1v) is 4.68. The predicted molar refractivity (Wildman–Crippen MR) is 54.7 cm³/mol. The minimum Gasteiger partial charge on any atom is -0.307 e. The number of anilines is 1. The monoisotopic (exact) mass is 213 g/mol. The molecule has 0 unspecified atom stereocenters. The lowest BCUT2D eigenvalue weighted by atomic mass is 10.2. The third-order valence-corrected chi connectivity index (χ3v) is 2.02. The molecular weight excluding hydrogens is 200 g/mol. The molecule has 0 aliphatic heterocycles. The van der Waals surface area contributed by atoms with Crippen LogP contribution in [-0.2, 0) is 4.79 Å². The third kappa shape index (κ3) is 2.52. The zero-order valence-corrected chi connectivity index (χ0v) is 8.92. The summed E-state index contributed by atoms with van der Waals surface area (Å²) in [6.45, 7) is 4.89. The van der Waals surface area contributed by atoms with Crippen molar-refractivity contribution in [3.63, 3.8) is 0 Å². The molecule has 0 saturated carbocycles. The van der Waals surface area contributed by atoms with Crippen molar-refractivity contribution in [3.8, 4) is 0 Å². The van der Waals surface area contributed by atoms with Gasteiger partial charge in [0.25, 0.3) is 0 Å². The van der Waals surface area contributed by atoms with E-state index in [4.69, 9.17) is 0 Å². The fourth-order valence-electron chi connectivity index (χ4n) is 1.49. The SMILES string of the molecule is CC(=O)N(c1ccc(F)cc1F)C(C)C. The number of rotatable bonds is 2. The Hall–Kier alpha value is -1.45. The lowest BCUT2D eigenvalue weighted by Crippen LogP contribution is -2.35. The highest BCUT2D eigenvalue weighted by Crippen LogP contribution is 2.22. The minimum atomic E-state index is -0.723. The molecule has 0 aliphatic rings. The van der Waals surface area contributed by atoms with Gasteiger partial charge >= 0.3 is 0 Å². The number of nitrogens with zero attached hydrogens (tertiary/aromatic N) is 1. The van der Waals surface area contributed by atoms with Crippen molar-refractivity contribution in [2.24, 2.45) is 0 Å². The molecule has 0 aliphatic carbocycles. The molecule has 1 aromatic rings. The number of carbonyl (C=O) groups is 1. The lowest BCUT2D eigenvalue weighted by Gasteiger charge is -2.25. The Morgan fingerprint density at radius 1 is 1.33 bits per heavy atom. The quantitative estimate of drug-likeness (QED) is 0.739.